The van der Waals surface area contributed by atoms with Gasteiger partial charge in [0.2, 0.25) is 0 Å². The van der Waals surface area contributed by atoms with Gasteiger partial charge in [-0.1, -0.05) is 42.7 Å². The monoisotopic (exact) mass is 454 g/mol. The Bertz CT molecular complexity index is 1200. The molecule has 4 aliphatic carbocycles. The van der Waals surface area contributed by atoms with Gasteiger partial charge in [0.25, 0.3) is 0 Å². The first-order chi connectivity index (χ1) is 16.2. The third-order valence-electron chi connectivity index (χ3n) is 9.59. The summed E-state index contributed by atoms with van der Waals surface area (Å²) in [6.07, 6.45) is 8.03. The summed E-state index contributed by atoms with van der Waals surface area (Å²) < 4.78 is 0. The Morgan fingerprint density at radius 2 is 1.76 bits per heavy atom. The summed E-state index contributed by atoms with van der Waals surface area (Å²) in [5.74, 6) is 8.08. The summed E-state index contributed by atoms with van der Waals surface area (Å²) in [6, 6.07) is 8.10. The number of allylic oxidation sites excluding steroid dienone is 4. The van der Waals surface area contributed by atoms with E-state index < -0.39 is 5.41 Å². The second kappa shape index (κ2) is 8.19. The SMILES string of the molecule is CC#C[C@]1(C(C)=O)CC[C@H]2[C@@H]3CCC4=CC(=O)CCC4=C3[C@@H](c3ccc(C(C)=O)cc3)C[C@@]21C. The number of rotatable bonds is 3. The van der Waals surface area contributed by atoms with Crippen LogP contribution >= 0.6 is 0 Å². The van der Waals surface area contributed by atoms with Gasteiger partial charge in [0.15, 0.2) is 11.6 Å². The van der Waals surface area contributed by atoms with Crippen LogP contribution in [0.25, 0.3) is 0 Å². The molecule has 0 saturated heterocycles. The Morgan fingerprint density at radius 1 is 1.03 bits per heavy atom. The minimum Gasteiger partial charge on any atom is -0.298 e. The molecule has 2 fully saturated rings. The highest BCUT2D eigenvalue weighted by atomic mass is 16.1. The van der Waals surface area contributed by atoms with Crippen molar-refractivity contribution in [2.45, 2.75) is 78.6 Å². The molecule has 0 heterocycles. The molecule has 5 rings (SSSR count). The highest BCUT2D eigenvalue weighted by molar-refractivity contribution is 5.94. The van der Waals surface area contributed by atoms with Gasteiger partial charge in [0, 0.05) is 17.9 Å². The van der Waals surface area contributed by atoms with Gasteiger partial charge in [-0.25, -0.2) is 0 Å². The third kappa shape index (κ3) is 3.22. The minimum atomic E-state index is -0.598. The van der Waals surface area contributed by atoms with Crippen LogP contribution in [0.2, 0.25) is 0 Å². The van der Waals surface area contributed by atoms with Gasteiger partial charge in [-0.05, 0) is 99.3 Å². The molecule has 1 aromatic rings. The van der Waals surface area contributed by atoms with Gasteiger partial charge in [-0.15, -0.1) is 5.92 Å². The van der Waals surface area contributed by atoms with Crippen molar-refractivity contribution in [3.8, 4) is 11.8 Å². The molecule has 5 atom stereocenters. The Labute approximate surface area is 203 Å². The van der Waals surface area contributed by atoms with Crippen molar-refractivity contribution in [1.29, 1.82) is 0 Å². The van der Waals surface area contributed by atoms with Crippen LogP contribution < -0.4 is 0 Å². The lowest BCUT2D eigenvalue weighted by molar-refractivity contribution is -0.130. The lowest BCUT2D eigenvalue weighted by atomic mass is 9.48. The molecule has 0 amide bonds. The Balaban J connectivity index is 1.70. The number of hydrogen-bond donors (Lipinski definition) is 0. The van der Waals surface area contributed by atoms with E-state index in [2.05, 4.69) is 30.9 Å². The summed E-state index contributed by atoms with van der Waals surface area (Å²) in [6.45, 7) is 7.51. The van der Waals surface area contributed by atoms with Crippen molar-refractivity contribution in [1.82, 2.24) is 0 Å². The third-order valence-corrected chi connectivity index (χ3v) is 9.59. The first-order valence-electron chi connectivity index (χ1n) is 12.7. The van der Waals surface area contributed by atoms with Crippen molar-refractivity contribution in [3.63, 3.8) is 0 Å². The van der Waals surface area contributed by atoms with E-state index in [1.807, 2.05) is 25.1 Å². The van der Waals surface area contributed by atoms with Crippen LogP contribution in [0.4, 0.5) is 0 Å². The molecule has 1 aromatic carbocycles. The van der Waals surface area contributed by atoms with E-state index in [4.69, 9.17) is 0 Å². The van der Waals surface area contributed by atoms with E-state index in [1.54, 1.807) is 13.8 Å². The molecule has 176 valence electrons. The number of hydrogen-bond acceptors (Lipinski definition) is 3. The van der Waals surface area contributed by atoms with Crippen LogP contribution in [0.1, 0.15) is 94.5 Å². The Hall–Kier alpha value is -2.73. The zero-order valence-electron chi connectivity index (χ0n) is 20.8. The van der Waals surface area contributed by atoms with Crippen molar-refractivity contribution in [2.75, 3.05) is 0 Å². The normalized spacial score (nSPS) is 34.3. The zero-order valence-corrected chi connectivity index (χ0v) is 20.8. The lowest BCUT2D eigenvalue weighted by Gasteiger charge is -2.54. The average molecular weight is 455 g/mol. The maximum Gasteiger partial charge on any atom is 0.159 e. The Morgan fingerprint density at radius 3 is 2.41 bits per heavy atom. The zero-order chi connectivity index (χ0) is 24.3. The number of ketones is 3. The van der Waals surface area contributed by atoms with Gasteiger partial charge in [0.05, 0.1) is 5.41 Å². The van der Waals surface area contributed by atoms with Crippen LogP contribution in [0.3, 0.4) is 0 Å². The van der Waals surface area contributed by atoms with E-state index in [-0.39, 0.29) is 28.7 Å². The van der Waals surface area contributed by atoms with Gasteiger partial charge in [-0.3, -0.25) is 14.4 Å². The molecule has 34 heavy (non-hydrogen) atoms. The highest BCUT2D eigenvalue weighted by Gasteiger charge is 2.64. The number of benzene rings is 1. The van der Waals surface area contributed by atoms with E-state index in [1.165, 1.54) is 22.3 Å². The van der Waals surface area contributed by atoms with E-state index in [0.29, 0.717) is 18.3 Å². The summed E-state index contributed by atoms with van der Waals surface area (Å²) in [7, 11) is 0. The number of carbonyl (C=O) groups excluding carboxylic acids is 3. The van der Waals surface area contributed by atoms with Gasteiger partial charge in [-0.2, -0.15) is 0 Å². The fourth-order valence-corrected chi connectivity index (χ4v) is 8.02. The fourth-order valence-electron chi connectivity index (χ4n) is 8.02. The van der Waals surface area contributed by atoms with Crippen LogP contribution in [0.5, 0.6) is 0 Å². The van der Waals surface area contributed by atoms with Crippen LogP contribution in [-0.2, 0) is 9.59 Å². The van der Waals surface area contributed by atoms with Crippen LogP contribution in [-0.4, -0.2) is 17.3 Å². The smallest absolute Gasteiger partial charge is 0.159 e. The lowest BCUT2D eigenvalue weighted by Crippen LogP contribution is -2.50. The summed E-state index contributed by atoms with van der Waals surface area (Å²) in [4.78, 5) is 37.3. The second-order valence-corrected chi connectivity index (χ2v) is 11.0. The van der Waals surface area contributed by atoms with Gasteiger partial charge in [0.1, 0.15) is 5.78 Å². The molecule has 0 aromatic heterocycles. The average Bonchev–Trinajstić information content (AvgIpc) is 3.11. The number of Topliss-reactive ketones (excluding diaryl/α,β-unsaturated/α-hetero) is 2. The summed E-state index contributed by atoms with van der Waals surface area (Å²) >= 11 is 0. The standard InChI is InChI=1S/C31H34O3/c1-5-15-31(20(3)33)16-14-28-26-12-10-23-17-24(34)11-13-25(23)29(26)27(18-30(28,31)4)22-8-6-21(7-9-22)19(2)32/h6-9,17,26-28H,10-14,16,18H2,1-4H3/t26-,27+,28-,30-,31+/m0/s1. The molecule has 0 N–H and O–H groups in total. The van der Waals surface area contributed by atoms with E-state index in [0.717, 1.165) is 44.1 Å². The van der Waals surface area contributed by atoms with Crippen LogP contribution in [0, 0.1) is 34.5 Å². The topological polar surface area (TPSA) is 51.2 Å². The molecule has 3 nitrogen and oxygen atoms in total. The molecular formula is C31H34O3. The molecule has 3 heteroatoms. The molecule has 0 unspecified atom stereocenters. The minimum absolute atomic E-state index is 0.0698. The molecular weight excluding hydrogens is 420 g/mol. The molecule has 4 aliphatic rings. The van der Waals surface area contributed by atoms with Gasteiger partial charge < -0.3 is 0 Å². The largest absolute Gasteiger partial charge is 0.298 e. The van der Waals surface area contributed by atoms with Crippen molar-refractivity contribution in [3.05, 3.63) is 58.2 Å². The maximum atomic E-state index is 13.2. The first kappa shape index (κ1) is 23.0. The second-order valence-electron chi connectivity index (χ2n) is 11.0. The highest BCUT2D eigenvalue weighted by Crippen LogP contribution is 2.69. The summed E-state index contributed by atoms with van der Waals surface area (Å²) in [5, 5.41) is 0. The van der Waals surface area contributed by atoms with E-state index >= 15 is 0 Å². The van der Waals surface area contributed by atoms with Crippen molar-refractivity contribution in [2.24, 2.45) is 22.7 Å². The molecule has 2 saturated carbocycles. The Kier molecular flexibility index (Phi) is 5.55. The first-order valence-corrected chi connectivity index (χ1v) is 12.7. The molecule has 0 radical (unpaired) electrons. The number of fused-ring (bicyclic) bond motifs is 4. The summed E-state index contributed by atoms with van der Waals surface area (Å²) in [5.41, 5.74) is 5.28. The number of carbonyl (C=O) groups is 3. The van der Waals surface area contributed by atoms with E-state index in [9.17, 15) is 14.4 Å². The molecule has 0 spiro atoms. The fraction of sp³-hybridized carbons (Fsp3) is 0.516. The predicted molar refractivity (Wildman–Crippen MR) is 133 cm³/mol. The quantitative estimate of drug-likeness (QED) is 0.393. The molecule has 0 bridgehead atoms. The van der Waals surface area contributed by atoms with Crippen LogP contribution in [0.15, 0.2) is 47.1 Å². The molecule has 0 aliphatic heterocycles. The van der Waals surface area contributed by atoms with Crippen molar-refractivity contribution < 1.29 is 14.4 Å². The maximum absolute atomic E-state index is 13.2. The van der Waals surface area contributed by atoms with Crippen molar-refractivity contribution >= 4 is 17.3 Å². The van der Waals surface area contributed by atoms with Gasteiger partial charge >= 0.3 is 0 Å². The predicted octanol–water partition coefficient (Wildman–Crippen LogP) is 6.39.